The number of nitrogens with one attached hydrogen (secondary N) is 3. The van der Waals surface area contributed by atoms with Gasteiger partial charge in [-0.1, -0.05) is 47.7 Å². The van der Waals surface area contributed by atoms with Crippen molar-refractivity contribution in [2.45, 2.75) is 33.2 Å². The van der Waals surface area contributed by atoms with Gasteiger partial charge in [0.25, 0.3) is 5.91 Å². The molecule has 31 heavy (non-hydrogen) atoms. The van der Waals surface area contributed by atoms with Crippen molar-refractivity contribution in [1.29, 1.82) is 0 Å². The summed E-state index contributed by atoms with van der Waals surface area (Å²) in [6.45, 7) is 8.56. The van der Waals surface area contributed by atoms with Crippen LogP contribution in [0.25, 0.3) is 0 Å². The van der Waals surface area contributed by atoms with Crippen LogP contribution in [-0.2, 0) is 4.79 Å². The molecule has 1 unspecified atom stereocenters. The Morgan fingerprint density at radius 3 is 2.35 bits per heavy atom. The van der Waals surface area contributed by atoms with Crippen LogP contribution in [0.5, 0.6) is 0 Å². The molecule has 0 aromatic heterocycles. The number of carbonyl (C=O) groups is 2. The van der Waals surface area contributed by atoms with Gasteiger partial charge in [0.15, 0.2) is 5.50 Å². The molecule has 0 saturated heterocycles. The molecule has 0 bridgehead atoms. The van der Waals surface area contributed by atoms with Crippen LogP contribution in [0.1, 0.15) is 23.6 Å². The zero-order valence-corrected chi connectivity index (χ0v) is 19.1. The first-order chi connectivity index (χ1) is 14.8. The molecule has 1 heterocycles. The SMILES string of the molecule is CC1=C(C(=O)Nc2c(C)cc(C)cc2C)SC(NC(=O)N(CCN)c2ccccc2)N1. The van der Waals surface area contributed by atoms with Crippen molar-refractivity contribution in [1.82, 2.24) is 10.6 Å². The van der Waals surface area contributed by atoms with E-state index in [4.69, 9.17) is 5.73 Å². The molecule has 2 aromatic carbocycles. The molecule has 1 atom stereocenters. The molecule has 0 radical (unpaired) electrons. The van der Waals surface area contributed by atoms with Crippen molar-refractivity contribution in [3.63, 3.8) is 0 Å². The third kappa shape index (κ3) is 5.39. The van der Waals surface area contributed by atoms with Gasteiger partial charge in [-0.25, -0.2) is 4.79 Å². The van der Waals surface area contributed by atoms with Gasteiger partial charge in [-0.3, -0.25) is 9.69 Å². The predicted octanol–water partition coefficient (Wildman–Crippen LogP) is 3.58. The lowest BCUT2D eigenvalue weighted by molar-refractivity contribution is -0.112. The first kappa shape index (κ1) is 22.7. The van der Waals surface area contributed by atoms with E-state index in [1.54, 1.807) is 4.90 Å². The Bertz CT molecular complexity index is 983. The normalized spacial score (nSPS) is 15.5. The highest BCUT2D eigenvalue weighted by Gasteiger charge is 2.29. The Balaban J connectivity index is 1.66. The molecule has 1 aliphatic heterocycles. The van der Waals surface area contributed by atoms with E-state index in [0.29, 0.717) is 18.0 Å². The number of urea groups is 1. The lowest BCUT2D eigenvalue weighted by Crippen LogP contribution is -2.48. The molecule has 3 amide bonds. The standard InChI is InChI=1S/C23H29N5O2S/c1-14-12-15(2)19(16(3)13-14)26-21(29)20-17(4)25-22(31-20)27-23(30)28(11-10-24)18-8-6-5-7-9-18/h5-9,12-13,22,25H,10-11,24H2,1-4H3,(H,26,29)(H,27,30). The van der Waals surface area contributed by atoms with E-state index in [1.807, 2.05) is 70.2 Å². The molecule has 5 N–H and O–H groups in total. The quantitative estimate of drug-likeness (QED) is 0.551. The van der Waals surface area contributed by atoms with E-state index in [-0.39, 0.29) is 11.9 Å². The Kier molecular flexibility index (Phi) is 7.25. The highest BCUT2D eigenvalue weighted by Crippen LogP contribution is 2.31. The molecule has 0 fully saturated rings. The molecule has 164 valence electrons. The number of aryl methyl sites for hydroxylation is 3. The second-order valence-electron chi connectivity index (χ2n) is 7.55. The maximum Gasteiger partial charge on any atom is 0.324 e. The summed E-state index contributed by atoms with van der Waals surface area (Å²) >= 11 is 1.29. The Morgan fingerprint density at radius 1 is 1.10 bits per heavy atom. The second-order valence-corrected chi connectivity index (χ2v) is 8.66. The third-order valence-electron chi connectivity index (χ3n) is 4.97. The summed E-state index contributed by atoms with van der Waals surface area (Å²) in [5.74, 6) is -0.191. The van der Waals surface area contributed by atoms with Crippen molar-refractivity contribution < 1.29 is 9.59 Å². The number of allylic oxidation sites excluding steroid dienone is 1. The van der Waals surface area contributed by atoms with Crippen LogP contribution in [0.15, 0.2) is 53.1 Å². The maximum absolute atomic E-state index is 12.9. The van der Waals surface area contributed by atoms with E-state index in [0.717, 1.165) is 33.8 Å². The average Bonchev–Trinajstić information content (AvgIpc) is 3.09. The number of anilines is 2. The summed E-state index contributed by atoms with van der Waals surface area (Å²) in [5.41, 5.74) is 10.8. The fraction of sp³-hybridized carbons (Fsp3) is 0.304. The highest BCUT2D eigenvalue weighted by atomic mass is 32.2. The smallest absolute Gasteiger partial charge is 0.324 e. The summed E-state index contributed by atoms with van der Waals surface area (Å²) in [4.78, 5) is 27.9. The predicted molar refractivity (Wildman–Crippen MR) is 128 cm³/mol. The van der Waals surface area contributed by atoms with Crippen molar-refractivity contribution in [2.75, 3.05) is 23.3 Å². The number of rotatable bonds is 6. The Hall–Kier alpha value is -2.97. The molecule has 7 nitrogen and oxygen atoms in total. The summed E-state index contributed by atoms with van der Waals surface area (Å²) in [6.07, 6.45) is 0. The maximum atomic E-state index is 12.9. The van der Waals surface area contributed by atoms with Crippen LogP contribution in [0.3, 0.4) is 0 Å². The van der Waals surface area contributed by atoms with E-state index in [2.05, 4.69) is 16.0 Å². The number of amides is 3. The number of carbonyl (C=O) groups excluding carboxylic acids is 2. The largest absolute Gasteiger partial charge is 0.359 e. The molecular weight excluding hydrogens is 410 g/mol. The summed E-state index contributed by atoms with van der Waals surface area (Å²) in [5, 5.41) is 9.14. The minimum absolute atomic E-state index is 0.191. The van der Waals surface area contributed by atoms with Crippen LogP contribution >= 0.6 is 11.8 Å². The molecule has 0 saturated carbocycles. The van der Waals surface area contributed by atoms with Crippen LogP contribution in [-0.4, -0.2) is 30.5 Å². The minimum atomic E-state index is -0.447. The molecule has 1 aliphatic rings. The van der Waals surface area contributed by atoms with Gasteiger partial charge in [0.1, 0.15) is 0 Å². The van der Waals surface area contributed by atoms with Gasteiger partial charge in [0, 0.05) is 30.2 Å². The number of para-hydroxylation sites is 1. The van der Waals surface area contributed by atoms with E-state index >= 15 is 0 Å². The lowest BCUT2D eigenvalue weighted by Gasteiger charge is -2.24. The van der Waals surface area contributed by atoms with Crippen molar-refractivity contribution in [2.24, 2.45) is 5.73 Å². The van der Waals surface area contributed by atoms with Crippen LogP contribution in [0, 0.1) is 20.8 Å². The highest BCUT2D eigenvalue weighted by molar-refractivity contribution is 8.04. The molecule has 0 spiro atoms. The van der Waals surface area contributed by atoms with E-state index in [1.165, 1.54) is 11.8 Å². The second kappa shape index (κ2) is 9.89. The van der Waals surface area contributed by atoms with Gasteiger partial charge >= 0.3 is 6.03 Å². The summed E-state index contributed by atoms with van der Waals surface area (Å²) in [7, 11) is 0. The lowest BCUT2D eigenvalue weighted by atomic mass is 10.1. The van der Waals surface area contributed by atoms with Gasteiger partial charge in [-0.15, -0.1) is 0 Å². The number of thioether (sulfide) groups is 1. The monoisotopic (exact) mass is 439 g/mol. The number of benzene rings is 2. The van der Waals surface area contributed by atoms with Crippen LogP contribution in [0.4, 0.5) is 16.2 Å². The first-order valence-electron chi connectivity index (χ1n) is 10.2. The van der Waals surface area contributed by atoms with E-state index < -0.39 is 5.50 Å². The minimum Gasteiger partial charge on any atom is -0.359 e. The van der Waals surface area contributed by atoms with Gasteiger partial charge in [0.2, 0.25) is 0 Å². The number of hydrogen-bond donors (Lipinski definition) is 4. The third-order valence-corrected chi connectivity index (χ3v) is 6.16. The van der Waals surface area contributed by atoms with Crippen LogP contribution in [0.2, 0.25) is 0 Å². The van der Waals surface area contributed by atoms with Crippen LogP contribution < -0.4 is 26.6 Å². The van der Waals surface area contributed by atoms with Crippen molar-refractivity contribution >= 4 is 35.1 Å². The zero-order chi connectivity index (χ0) is 22.5. The van der Waals surface area contributed by atoms with Gasteiger partial charge in [-0.2, -0.15) is 0 Å². The Morgan fingerprint density at radius 2 is 1.74 bits per heavy atom. The molecule has 3 rings (SSSR count). The molecule has 2 aromatic rings. The fourth-order valence-corrected chi connectivity index (χ4v) is 4.63. The topological polar surface area (TPSA) is 99.5 Å². The average molecular weight is 440 g/mol. The summed E-state index contributed by atoms with van der Waals surface area (Å²) < 4.78 is 0. The number of nitrogens with two attached hydrogens (primary N) is 1. The zero-order valence-electron chi connectivity index (χ0n) is 18.3. The fourth-order valence-electron chi connectivity index (χ4n) is 3.61. The molecular formula is C23H29N5O2S. The summed E-state index contributed by atoms with van der Waals surface area (Å²) in [6, 6.07) is 13.2. The van der Waals surface area contributed by atoms with Gasteiger partial charge in [-0.05, 0) is 51.0 Å². The van der Waals surface area contributed by atoms with Gasteiger partial charge in [0.05, 0.1) is 4.91 Å². The Labute approximate surface area is 187 Å². The number of nitrogens with zero attached hydrogens (tertiary/aromatic N) is 1. The van der Waals surface area contributed by atoms with Gasteiger partial charge < -0.3 is 21.7 Å². The van der Waals surface area contributed by atoms with E-state index in [9.17, 15) is 9.59 Å². The molecule has 0 aliphatic carbocycles. The van der Waals surface area contributed by atoms with Crippen molar-refractivity contribution in [3.8, 4) is 0 Å². The first-order valence-corrected chi connectivity index (χ1v) is 11.0. The number of hydrogen-bond acceptors (Lipinski definition) is 5. The molecule has 8 heteroatoms. The van der Waals surface area contributed by atoms with Crippen molar-refractivity contribution in [3.05, 3.63) is 69.8 Å².